The van der Waals surface area contributed by atoms with Gasteiger partial charge in [-0.2, -0.15) is 0 Å². The fraction of sp³-hybridized carbons (Fsp3) is 0.200. The summed E-state index contributed by atoms with van der Waals surface area (Å²) in [6.45, 7) is 0.719. The molecule has 0 fully saturated rings. The molecule has 0 radical (unpaired) electrons. The number of hydrogen-bond acceptors (Lipinski definition) is 4. The summed E-state index contributed by atoms with van der Waals surface area (Å²) in [4.78, 5) is 15.0. The van der Waals surface area contributed by atoms with Crippen molar-refractivity contribution in [3.63, 3.8) is 0 Å². The Morgan fingerprint density at radius 2 is 1.95 bits per heavy atom. The van der Waals surface area contributed by atoms with Crippen LogP contribution in [0, 0.1) is 5.82 Å². The van der Waals surface area contributed by atoms with Gasteiger partial charge in [-0.25, -0.2) is 14.2 Å². The number of hydrogen-bond donors (Lipinski definition) is 1. The summed E-state index contributed by atoms with van der Waals surface area (Å²) < 4.78 is 23.8. The number of aromatic nitrogens is 1. The standard InChI is InChI=1S/C15H12FNO4/c16-11-3-1-9(2-4-11)7-10-8-12(15(18)19)17-14-13(10)20-5-6-21-14/h1-4,8H,5-7H2,(H,18,19). The maximum atomic E-state index is 12.9. The fourth-order valence-electron chi connectivity index (χ4n) is 2.16. The van der Waals surface area contributed by atoms with E-state index >= 15 is 0 Å². The van der Waals surface area contributed by atoms with E-state index in [0.29, 0.717) is 30.9 Å². The summed E-state index contributed by atoms with van der Waals surface area (Å²) >= 11 is 0. The summed E-state index contributed by atoms with van der Waals surface area (Å²) in [6, 6.07) is 7.47. The van der Waals surface area contributed by atoms with Crippen molar-refractivity contribution < 1.29 is 23.8 Å². The van der Waals surface area contributed by atoms with Crippen molar-refractivity contribution in [2.24, 2.45) is 0 Å². The Bertz CT molecular complexity index is 685. The summed E-state index contributed by atoms with van der Waals surface area (Å²) in [5.74, 6) is -0.803. The van der Waals surface area contributed by atoms with E-state index in [0.717, 1.165) is 5.56 Å². The predicted octanol–water partition coefficient (Wildman–Crippen LogP) is 2.28. The highest BCUT2D eigenvalue weighted by Crippen LogP contribution is 2.34. The number of carbonyl (C=O) groups is 1. The van der Waals surface area contributed by atoms with Crippen molar-refractivity contribution in [3.8, 4) is 11.6 Å². The van der Waals surface area contributed by atoms with Crippen LogP contribution in [0.4, 0.5) is 4.39 Å². The van der Waals surface area contributed by atoms with Crippen LogP contribution in [0.5, 0.6) is 11.6 Å². The molecule has 0 saturated heterocycles. The maximum Gasteiger partial charge on any atom is 0.354 e. The Labute approximate surface area is 120 Å². The summed E-state index contributed by atoms with van der Waals surface area (Å²) in [6.07, 6.45) is 0.411. The van der Waals surface area contributed by atoms with Crippen LogP contribution in [0.1, 0.15) is 21.6 Å². The van der Waals surface area contributed by atoms with Crippen molar-refractivity contribution >= 4 is 5.97 Å². The lowest BCUT2D eigenvalue weighted by Gasteiger charge is -2.20. The molecule has 1 aromatic heterocycles. The molecule has 2 heterocycles. The first-order chi connectivity index (χ1) is 10.1. The number of aromatic carboxylic acids is 1. The third-order valence-electron chi connectivity index (χ3n) is 3.11. The van der Waals surface area contributed by atoms with Crippen LogP contribution in [0.3, 0.4) is 0 Å². The lowest BCUT2D eigenvalue weighted by Crippen LogP contribution is -2.19. The Morgan fingerprint density at radius 3 is 2.67 bits per heavy atom. The van der Waals surface area contributed by atoms with Gasteiger partial charge in [0.1, 0.15) is 19.0 Å². The van der Waals surface area contributed by atoms with Crippen LogP contribution in [0.2, 0.25) is 0 Å². The molecule has 1 aliphatic rings. The largest absolute Gasteiger partial charge is 0.484 e. The Morgan fingerprint density at radius 1 is 1.24 bits per heavy atom. The molecule has 3 rings (SSSR count). The van der Waals surface area contributed by atoms with Crippen LogP contribution in [-0.4, -0.2) is 29.3 Å². The molecule has 0 amide bonds. The molecule has 0 aliphatic carbocycles. The van der Waals surface area contributed by atoms with Crippen LogP contribution in [0.25, 0.3) is 0 Å². The summed E-state index contributed by atoms with van der Waals surface area (Å²) in [5.41, 5.74) is 1.40. The smallest absolute Gasteiger partial charge is 0.354 e. The molecule has 0 spiro atoms. The number of fused-ring (bicyclic) bond motifs is 1. The number of carboxylic acid groups (broad SMARTS) is 1. The molecule has 0 saturated carbocycles. The van der Waals surface area contributed by atoms with Crippen LogP contribution in [-0.2, 0) is 6.42 Å². The van der Waals surface area contributed by atoms with Crippen molar-refractivity contribution in [2.45, 2.75) is 6.42 Å². The van der Waals surface area contributed by atoms with Gasteiger partial charge in [0.05, 0.1) is 0 Å². The van der Waals surface area contributed by atoms with E-state index in [1.54, 1.807) is 12.1 Å². The van der Waals surface area contributed by atoms with Crippen molar-refractivity contribution in [3.05, 3.63) is 53.0 Å². The second kappa shape index (κ2) is 5.40. The molecule has 0 atom stereocenters. The number of nitrogens with zero attached hydrogens (tertiary/aromatic N) is 1. The van der Waals surface area contributed by atoms with Crippen molar-refractivity contribution in [1.82, 2.24) is 4.98 Å². The van der Waals surface area contributed by atoms with Gasteiger partial charge < -0.3 is 14.6 Å². The third kappa shape index (κ3) is 2.79. The second-order valence-electron chi connectivity index (χ2n) is 4.61. The topological polar surface area (TPSA) is 68.7 Å². The highest BCUT2D eigenvalue weighted by Gasteiger charge is 2.21. The number of benzene rings is 1. The van der Waals surface area contributed by atoms with Crippen LogP contribution < -0.4 is 9.47 Å². The highest BCUT2D eigenvalue weighted by atomic mass is 19.1. The Balaban J connectivity index is 2.01. The maximum absolute atomic E-state index is 12.9. The molecule has 5 nitrogen and oxygen atoms in total. The van der Waals surface area contributed by atoms with Gasteiger partial charge in [0.2, 0.25) is 0 Å². The lowest BCUT2D eigenvalue weighted by atomic mass is 10.0. The quantitative estimate of drug-likeness (QED) is 0.938. The first kappa shape index (κ1) is 13.4. The molecule has 108 valence electrons. The van der Waals surface area contributed by atoms with E-state index in [4.69, 9.17) is 14.6 Å². The minimum Gasteiger partial charge on any atom is -0.484 e. The predicted molar refractivity (Wildman–Crippen MR) is 71.4 cm³/mol. The zero-order chi connectivity index (χ0) is 14.8. The average Bonchev–Trinajstić information content (AvgIpc) is 2.49. The molecular formula is C15H12FNO4. The zero-order valence-corrected chi connectivity index (χ0v) is 11.0. The van der Waals surface area contributed by atoms with Crippen LogP contribution >= 0.6 is 0 Å². The van der Waals surface area contributed by atoms with E-state index in [-0.39, 0.29) is 17.4 Å². The van der Waals surface area contributed by atoms with Crippen molar-refractivity contribution in [1.29, 1.82) is 0 Å². The Hall–Kier alpha value is -2.63. The van der Waals surface area contributed by atoms with E-state index in [9.17, 15) is 9.18 Å². The minimum atomic E-state index is -1.13. The second-order valence-corrected chi connectivity index (χ2v) is 4.61. The number of ether oxygens (including phenoxy) is 2. The molecule has 1 N–H and O–H groups in total. The molecule has 21 heavy (non-hydrogen) atoms. The number of carboxylic acids is 1. The van der Waals surface area contributed by atoms with Gasteiger partial charge in [-0.1, -0.05) is 12.1 Å². The van der Waals surface area contributed by atoms with Gasteiger partial charge in [-0.3, -0.25) is 0 Å². The van der Waals surface area contributed by atoms with Crippen LogP contribution in [0.15, 0.2) is 30.3 Å². The van der Waals surface area contributed by atoms with Gasteiger partial charge in [0, 0.05) is 12.0 Å². The fourth-order valence-corrected chi connectivity index (χ4v) is 2.16. The normalized spacial score (nSPS) is 13.0. The molecule has 1 aromatic carbocycles. The SMILES string of the molecule is O=C(O)c1cc(Cc2ccc(F)cc2)c2c(n1)OCCO2. The van der Waals surface area contributed by atoms with Gasteiger partial charge in [0.15, 0.2) is 11.4 Å². The molecule has 6 heteroatoms. The molecule has 0 bridgehead atoms. The van der Waals surface area contributed by atoms with E-state index in [1.165, 1.54) is 18.2 Å². The van der Waals surface area contributed by atoms with E-state index < -0.39 is 5.97 Å². The number of pyridine rings is 1. The highest BCUT2D eigenvalue weighted by molar-refractivity contribution is 5.86. The molecular weight excluding hydrogens is 277 g/mol. The van der Waals surface area contributed by atoms with Crippen molar-refractivity contribution in [2.75, 3.05) is 13.2 Å². The van der Waals surface area contributed by atoms with Gasteiger partial charge >= 0.3 is 5.97 Å². The van der Waals surface area contributed by atoms with Gasteiger partial charge in [-0.05, 0) is 23.8 Å². The number of halogens is 1. The monoisotopic (exact) mass is 289 g/mol. The van der Waals surface area contributed by atoms with Gasteiger partial charge in [0.25, 0.3) is 5.88 Å². The third-order valence-corrected chi connectivity index (χ3v) is 3.11. The van der Waals surface area contributed by atoms with E-state index in [2.05, 4.69) is 4.98 Å². The average molecular weight is 289 g/mol. The molecule has 1 aliphatic heterocycles. The molecule has 0 unspecified atom stereocenters. The zero-order valence-electron chi connectivity index (χ0n) is 11.0. The lowest BCUT2D eigenvalue weighted by molar-refractivity contribution is 0.0687. The van der Waals surface area contributed by atoms with E-state index in [1.807, 2.05) is 0 Å². The summed E-state index contributed by atoms with van der Waals surface area (Å²) in [5, 5.41) is 9.10. The molecule has 2 aromatic rings. The first-order valence-electron chi connectivity index (χ1n) is 6.41. The minimum absolute atomic E-state index is 0.101. The summed E-state index contributed by atoms with van der Waals surface area (Å²) in [7, 11) is 0. The van der Waals surface area contributed by atoms with Gasteiger partial charge in [-0.15, -0.1) is 0 Å². The number of rotatable bonds is 3. The Kier molecular flexibility index (Phi) is 3.43. The first-order valence-corrected chi connectivity index (χ1v) is 6.41.